The van der Waals surface area contributed by atoms with Gasteiger partial charge in [0, 0.05) is 43.7 Å². The van der Waals surface area contributed by atoms with Crippen LogP contribution in [0.3, 0.4) is 0 Å². The minimum Gasteiger partial charge on any atom is -0.450 e. The van der Waals surface area contributed by atoms with E-state index >= 15 is 0 Å². The van der Waals surface area contributed by atoms with Crippen molar-refractivity contribution in [1.29, 1.82) is 0 Å². The number of alkyl carbamates (subject to hydrolysis) is 1. The topological polar surface area (TPSA) is 101 Å². The van der Waals surface area contributed by atoms with Crippen LogP contribution in [-0.2, 0) is 4.74 Å². The van der Waals surface area contributed by atoms with Crippen molar-refractivity contribution in [2.75, 3.05) is 33.8 Å². The third-order valence-corrected chi connectivity index (χ3v) is 7.12. The second-order valence-electron chi connectivity index (χ2n) is 10.0. The van der Waals surface area contributed by atoms with Gasteiger partial charge in [0.25, 0.3) is 11.8 Å². The van der Waals surface area contributed by atoms with Crippen LogP contribution in [0.5, 0.6) is 0 Å². The molecule has 1 aliphatic carbocycles. The summed E-state index contributed by atoms with van der Waals surface area (Å²) in [6.45, 7) is 3.41. The second-order valence-corrected chi connectivity index (χ2v) is 10.0. The first-order chi connectivity index (χ1) is 18.4. The fourth-order valence-electron chi connectivity index (χ4n) is 4.93. The van der Waals surface area contributed by atoms with Crippen molar-refractivity contribution < 1.29 is 19.1 Å². The lowest BCUT2D eigenvalue weighted by Crippen LogP contribution is -2.34. The van der Waals surface area contributed by atoms with Gasteiger partial charge < -0.3 is 20.3 Å². The van der Waals surface area contributed by atoms with E-state index in [1.807, 2.05) is 42.5 Å². The van der Waals surface area contributed by atoms with Crippen molar-refractivity contribution in [1.82, 2.24) is 20.5 Å². The molecule has 0 atom stereocenters. The highest BCUT2D eigenvalue weighted by Crippen LogP contribution is 2.29. The number of carbonyl (C=O) groups excluding carboxylic acids is 3. The molecule has 4 rings (SSSR count). The number of benzene rings is 2. The molecule has 3 amide bonds. The number of hydrogen-bond acceptors (Lipinski definition) is 5. The summed E-state index contributed by atoms with van der Waals surface area (Å²) >= 11 is 0. The maximum Gasteiger partial charge on any atom is 0.407 e. The van der Waals surface area contributed by atoms with Crippen LogP contribution in [0.1, 0.15) is 53.3 Å². The van der Waals surface area contributed by atoms with Crippen LogP contribution >= 0.6 is 0 Å². The third-order valence-electron chi connectivity index (χ3n) is 7.12. The van der Waals surface area contributed by atoms with Crippen molar-refractivity contribution in [3.8, 4) is 11.3 Å². The molecule has 0 unspecified atom stereocenters. The van der Waals surface area contributed by atoms with E-state index in [0.29, 0.717) is 48.4 Å². The molecule has 0 bridgehead atoms. The zero-order chi connectivity index (χ0) is 27.1. The summed E-state index contributed by atoms with van der Waals surface area (Å²) in [5.41, 5.74) is 3.47. The third kappa shape index (κ3) is 6.68. The number of ether oxygens (including phenoxy) is 1. The van der Waals surface area contributed by atoms with Crippen molar-refractivity contribution in [3.63, 3.8) is 0 Å². The van der Waals surface area contributed by atoms with Crippen LogP contribution in [0.2, 0.25) is 0 Å². The van der Waals surface area contributed by atoms with Crippen LogP contribution in [0, 0.1) is 11.8 Å². The summed E-state index contributed by atoms with van der Waals surface area (Å²) in [6, 6.07) is 16.8. The van der Waals surface area contributed by atoms with E-state index in [-0.39, 0.29) is 17.9 Å². The highest BCUT2D eigenvalue weighted by Gasteiger charge is 2.23. The molecule has 0 radical (unpaired) electrons. The fourth-order valence-corrected chi connectivity index (χ4v) is 4.93. The van der Waals surface area contributed by atoms with Crippen molar-refractivity contribution in [3.05, 3.63) is 65.7 Å². The van der Waals surface area contributed by atoms with E-state index in [4.69, 9.17) is 9.72 Å². The van der Waals surface area contributed by atoms with Gasteiger partial charge in [0.2, 0.25) is 0 Å². The first-order valence-electron chi connectivity index (χ1n) is 13.3. The first-order valence-corrected chi connectivity index (χ1v) is 13.3. The van der Waals surface area contributed by atoms with Gasteiger partial charge in [-0.15, -0.1) is 0 Å². The van der Waals surface area contributed by atoms with Gasteiger partial charge in [-0.1, -0.05) is 30.3 Å². The average Bonchev–Trinajstić information content (AvgIpc) is 2.94. The number of amides is 3. The molecule has 0 aliphatic heterocycles. The van der Waals surface area contributed by atoms with Crippen molar-refractivity contribution in [2.24, 2.45) is 11.8 Å². The molecule has 1 aliphatic rings. The van der Waals surface area contributed by atoms with Crippen LogP contribution in [-0.4, -0.2) is 61.6 Å². The Balaban J connectivity index is 1.42. The lowest BCUT2D eigenvalue weighted by atomic mass is 9.82. The minimum absolute atomic E-state index is 0.0626. The lowest BCUT2D eigenvalue weighted by molar-refractivity contribution is 0.0827. The highest BCUT2D eigenvalue weighted by atomic mass is 16.5. The predicted molar refractivity (Wildman–Crippen MR) is 148 cm³/mol. The number of fused-ring (bicyclic) bond motifs is 1. The molecule has 1 heterocycles. The van der Waals surface area contributed by atoms with Crippen LogP contribution < -0.4 is 10.6 Å². The Kier molecular flexibility index (Phi) is 8.94. The van der Waals surface area contributed by atoms with Crippen molar-refractivity contribution >= 4 is 28.8 Å². The van der Waals surface area contributed by atoms with E-state index in [0.717, 1.165) is 42.1 Å². The number of nitrogens with one attached hydrogen (secondary N) is 2. The monoisotopic (exact) mass is 516 g/mol. The summed E-state index contributed by atoms with van der Waals surface area (Å²) in [6.07, 6.45) is 3.69. The molecular formula is C30H36N4O4. The molecule has 8 heteroatoms. The molecule has 0 saturated heterocycles. The molecular weight excluding hydrogens is 480 g/mol. The normalized spacial score (nSPS) is 17.0. The number of nitrogens with zero attached hydrogens (tertiary/aromatic N) is 2. The predicted octanol–water partition coefficient (Wildman–Crippen LogP) is 4.89. The second kappa shape index (κ2) is 12.5. The van der Waals surface area contributed by atoms with E-state index in [1.165, 1.54) is 0 Å². The summed E-state index contributed by atoms with van der Waals surface area (Å²) in [4.78, 5) is 43.5. The number of para-hydroxylation sites is 1. The van der Waals surface area contributed by atoms with Crippen LogP contribution in [0.4, 0.5) is 4.79 Å². The molecule has 1 saturated carbocycles. The molecule has 38 heavy (non-hydrogen) atoms. The molecule has 2 N–H and O–H groups in total. The smallest absolute Gasteiger partial charge is 0.407 e. The first kappa shape index (κ1) is 27.1. The largest absolute Gasteiger partial charge is 0.450 e. The Morgan fingerprint density at radius 2 is 1.55 bits per heavy atom. The van der Waals surface area contributed by atoms with E-state index in [9.17, 15) is 14.4 Å². The van der Waals surface area contributed by atoms with E-state index in [2.05, 4.69) is 10.6 Å². The summed E-state index contributed by atoms with van der Waals surface area (Å²) in [5.74, 6) is 0.673. The lowest BCUT2D eigenvalue weighted by Gasteiger charge is -2.28. The van der Waals surface area contributed by atoms with Gasteiger partial charge in [0.1, 0.15) is 0 Å². The molecule has 3 aromatic rings. The zero-order valence-electron chi connectivity index (χ0n) is 22.3. The number of aromatic nitrogens is 1. The number of pyridine rings is 1. The standard InChI is InChI=1S/C30H36N4O4/c1-4-38-30(37)32-19-21-11-9-20(10-12-21)18-31-28(35)25-17-27(33-26-8-6-5-7-24(25)26)22-13-15-23(16-14-22)29(36)34(2)3/h5-8,13-17,20-21H,4,9-12,18-19H2,1-3H3,(H,31,35)(H,32,37). The Hall–Kier alpha value is -3.94. The minimum atomic E-state index is -0.358. The zero-order valence-corrected chi connectivity index (χ0v) is 22.3. The highest BCUT2D eigenvalue weighted by molar-refractivity contribution is 6.07. The maximum atomic E-state index is 13.4. The Morgan fingerprint density at radius 3 is 2.18 bits per heavy atom. The van der Waals surface area contributed by atoms with Gasteiger partial charge >= 0.3 is 6.09 Å². The van der Waals surface area contributed by atoms with E-state index < -0.39 is 0 Å². The van der Waals surface area contributed by atoms with Gasteiger partial charge in [-0.2, -0.15) is 0 Å². The Bertz CT molecular complexity index is 1280. The Labute approximate surface area is 223 Å². The molecule has 200 valence electrons. The van der Waals surface area contributed by atoms with Gasteiger partial charge in [-0.05, 0) is 68.7 Å². The molecule has 8 nitrogen and oxygen atoms in total. The number of rotatable bonds is 8. The number of carbonyl (C=O) groups is 3. The fraction of sp³-hybridized carbons (Fsp3) is 0.400. The number of hydrogen-bond donors (Lipinski definition) is 2. The SMILES string of the molecule is CCOC(=O)NCC1CCC(CNC(=O)c2cc(-c3ccc(C(=O)N(C)C)cc3)nc3ccccc23)CC1. The van der Waals surface area contributed by atoms with Crippen molar-refractivity contribution in [2.45, 2.75) is 32.6 Å². The van der Waals surface area contributed by atoms with E-state index in [1.54, 1.807) is 38.1 Å². The van der Waals surface area contributed by atoms with Gasteiger partial charge in [0.05, 0.1) is 23.4 Å². The van der Waals surface area contributed by atoms with Crippen LogP contribution in [0.15, 0.2) is 54.6 Å². The summed E-state index contributed by atoms with van der Waals surface area (Å²) in [5, 5.41) is 6.79. The van der Waals surface area contributed by atoms with Gasteiger partial charge in [-0.25, -0.2) is 9.78 Å². The molecule has 0 spiro atoms. The van der Waals surface area contributed by atoms with Crippen LogP contribution in [0.25, 0.3) is 22.2 Å². The average molecular weight is 517 g/mol. The molecule has 1 fully saturated rings. The maximum absolute atomic E-state index is 13.4. The molecule has 1 aromatic heterocycles. The molecule has 2 aromatic carbocycles. The summed E-state index contributed by atoms with van der Waals surface area (Å²) < 4.78 is 4.93. The van der Waals surface area contributed by atoms with Gasteiger partial charge in [0.15, 0.2) is 0 Å². The van der Waals surface area contributed by atoms with Gasteiger partial charge in [-0.3, -0.25) is 9.59 Å². The quantitative estimate of drug-likeness (QED) is 0.444. The summed E-state index contributed by atoms with van der Waals surface area (Å²) in [7, 11) is 3.45. The Morgan fingerprint density at radius 1 is 0.921 bits per heavy atom.